The van der Waals surface area contributed by atoms with E-state index in [-0.39, 0.29) is 56.5 Å². The molecule has 2 heterocycles. The number of aliphatic hydroxyl groups excluding tert-OH is 2. The van der Waals surface area contributed by atoms with E-state index in [1.165, 1.54) is 25.1 Å². The van der Waals surface area contributed by atoms with Gasteiger partial charge in [-0.3, -0.25) is 4.79 Å². The number of aromatic hydroxyl groups is 2. The number of nitrogens with one attached hydrogen (secondary N) is 1. The Kier molecular flexibility index (Phi) is 6.26. The summed E-state index contributed by atoms with van der Waals surface area (Å²) >= 11 is 3.07. The molecule has 0 amide bonds. The SMILES string of the molecule is Cc1oc2c(C3CCNCC3CO)c(O)cc(O)c2c(=O)c1C(O)c1ccc(F)c(Br)c1. The number of rotatable bonds is 4. The van der Waals surface area contributed by atoms with Crippen LogP contribution in [0.15, 0.2) is 37.9 Å². The number of fused-ring (bicyclic) bond motifs is 1. The molecule has 5 N–H and O–H groups in total. The maximum absolute atomic E-state index is 13.6. The van der Waals surface area contributed by atoms with Crippen LogP contribution in [-0.2, 0) is 0 Å². The van der Waals surface area contributed by atoms with Crippen LogP contribution in [0.5, 0.6) is 11.5 Å². The largest absolute Gasteiger partial charge is 0.507 e. The second-order valence-corrected chi connectivity index (χ2v) is 8.91. The fourth-order valence-corrected chi connectivity index (χ4v) is 4.89. The molecule has 0 bridgehead atoms. The third-order valence-corrected chi connectivity index (χ3v) is 6.74. The highest BCUT2D eigenvalue weighted by Gasteiger charge is 2.33. The van der Waals surface area contributed by atoms with Gasteiger partial charge in [-0.2, -0.15) is 0 Å². The number of phenolic OH excluding ortho intramolecular Hbond substituents is 2. The lowest BCUT2D eigenvalue weighted by Crippen LogP contribution is -2.37. The number of benzene rings is 2. The normalized spacial score (nSPS) is 19.9. The fraction of sp³-hybridized carbons (Fsp3) is 0.348. The maximum atomic E-state index is 13.6. The summed E-state index contributed by atoms with van der Waals surface area (Å²) in [5, 5.41) is 44.9. The van der Waals surface area contributed by atoms with E-state index in [1.54, 1.807) is 0 Å². The van der Waals surface area contributed by atoms with Crippen molar-refractivity contribution in [3.63, 3.8) is 0 Å². The van der Waals surface area contributed by atoms with Crippen LogP contribution in [0.2, 0.25) is 0 Å². The topological polar surface area (TPSA) is 123 Å². The lowest BCUT2D eigenvalue weighted by atomic mass is 9.80. The van der Waals surface area contributed by atoms with Gasteiger partial charge in [0.05, 0.1) is 10.0 Å². The Morgan fingerprint density at radius 2 is 2.03 bits per heavy atom. The Bertz CT molecular complexity index is 1240. The second kappa shape index (κ2) is 8.82. The van der Waals surface area contributed by atoms with Gasteiger partial charge in [-0.05, 0) is 59.4 Å². The van der Waals surface area contributed by atoms with Crippen molar-refractivity contribution >= 4 is 26.9 Å². The van der Waals surface area contributed by atoms with Crippen molar-refractivity contribution in [2.24, 2.45) is 5.92 Å². The molecule has 3 atom stereocenters. The van der Waals surface area contributed by atoms with E-state index < -0.39 is 23.1 Å². The summed E-state index contributed by atoms with van der Waals surface area (Å²) in [4.78, 5) is 13.4. The van der Waals surface area contributed by atoms with Crippen molar-refractivity contribution < 1.29 is 29.2 Å². The summed E-state index contributed by atoms with van der Waals surface area (Å²) in [7, 11) is 0. The first-order valence-corrected chi connectivity index (χ1v) is 11.0. The van der Waals surface area contributed by atoms with Crippen LogP contribution in [0.4, 0.5) is 4.39 Å². The molecule has 170 valence electrons. The zero-order chi connectivity index (χ0) is 23.2. The van der Waals surface area contributed by atoms with E-state index >= 15 is 0 Å². The number of aliphatic hydroxyl groups is 2. The molecule has 1 fully saturated rings. The number of piperidine rings is 1. The zero-order valence-electron chi connectivity index (χ0n) is 17.2. The number of halogens is 2. The van der Waals surface area contributed by atoms with Crippen LogP contribution < -0.4 is 10.7 Å². The monoisotopic (exact) mass is 507 g/mol. The molecule has 0 spiro atoms. The average Bonchev–Trinajstić information content (AvgIpc) is 2.75. The van der Waals surface area contributed by atoms with Gasteiger partial charge in [0.2, 0.25) is 5.43 Å². The van der Waals surface area contributed by atoms with Crippen molar-refractivity contribution in [3.05, 3.63) is 67.2 Å². The summed E-state index contributed by atoms with van der Waals surface area (Å²) in [5.74, 6) is -1.61. The van der Waals surface area contributed by atoms with Gasteiger partial charge < -0.3 is 30.2 Å². The molecule has 1 aliphatic rings. The minimum absolute atomic E-state index is 0.0339. The minimum Gasteiger partial charge on any atom is -0.507 e. The molecule has 0 aliphatic carbocycles. The standard InChI is InChI=1S/C23H23BrFNO6/c1-10-18(21(30)11-2-3-15(25)14(24)6-11)22(31)20-17(29)7-16(28)19(23(20)32-10)13-4-5-26-8-12(13)9-27/h2-3,6-7,12-13,21,26-30H,4-5,8-9H2,1H3. The van der Waals surface area contributed by atoms with Gasteiger partial charge >= 0.3 is 0 Å². The van der Waals surface area contributed by atoms with Crippen LogP contribution >= 0.6 is 15.9 Å². The molecule has 32 heavy (non-hydrogen) atoms. The van der Waals surface area contributed by atoms with Crippen LogP contribution in [-0.4, -0.2) is 40.1 Å². The molecular formula is C23H23BrFNO6. The van der Waals surface area contributed by atoms with E-state index in [4.69, 9.17) is 4.42 Å². The van der Waals surface area contributed by atoms with Gasteiger partial charge in [-0.1, -0.05) is 6.07 Å². The molecule has 4 rings (SSSR count). The maximum Gasteiger partial charge on any atom is 0.202 e. The van der Waals surface area contributed by atoms with Crippen LogP contribution in [0, 0.1) is 18.7 Å². The van der Waals surface area contributed by atoms with Crippen molar-refractivity contribution in [1.29, 1.82) is 0 Å². The van der Waals surface area contributed by atoms with Gasteiger partial charge in [-0.25, -0.2) is 4.39 Å². The molecule has 3 unspecified atom stereocenters. The van der Waals surface area contributed by atoms with Gasteiger partial charge in [0.1, 0.15) is 40.1 Å². The van der Waals surface area contributed by atoms with Crippen LogP contribution in [0.3, 0.4) is 0 Å². The van der Waals surface area contributed by atoms with Gasteiger partial charge in [0.15, 0.2) is 0 Å². The van der Waals surface area contributed by atoms with Crippen LogP contribution in [0.1, 0.15) is 40.9 Å². The second-order valence-electron chi connectivity index (χ2n) is 8.05. The van der Waals surface area contributed by atoms with Crippen molar-refractivity contribution in [1.82, 2.24) is 5.32 Å². The van der Waals surface area contributed by atoms with E-state index in [0.717, 1.165) is 6.07 Å². The van der Waals surface area contributed by atoms with E-state index in [2.05, 4.69) is 21.2 Å². The van der Waals surface area contributed by atoms with Crippen molar-refractivity contribution in [2.75, 3.05) is 19.7 Å². The summed E-state index contributed by atoms with van der Waals surface area (Å²) < 4.78 is 19.7. The van der Waals surface area contributed by atoms with E-state index in [1.807, 2.05) is 0 Å². The number of hydrogen-bond donors (Lipinski definition) is 5. The molecule has 7 nitrogen and oxygen atoms in total. The smallest absolute Gasteiger partial charge is 0.202 e. The van der Waals surface area contributed by atoms with Crippen LogP contribution in [0.25, 0.3) is 11.0 Å². The summed E-state index contributed by atoms with van der Waals surface area (Å²) in [6, 6.07) is 4.98. The number of hydrogen-bond acceptors (Lipinski definition) is 7. The Labute approximate surface area is 191 Å². The molecule has 1 aliphatic heterocycles. The quantitative estimate of drug-likeness (QED) is 0.367. The highest BCUT2D eigenvalue weighted by atomic mass is 79.9. The van der Waals surface area contributed by atoms with Crippen molar-refractivity contribution in [2.45, 2.75) is 25.4 Å². The molecule has 3 aromatic rings. The summed E-state index contributed by atoms with van der Waals surface area (Å²) in [6.45, 7) is 2.57. The third kappa shape index (κ3) is 3.79. The third-order valence-electron chi connectivity index (χ3n) is 6.13. The Balaban J connectivity index is 1.94. The van der Waals surface area contributed by atoms with Gasteiger partial charge in [0.25, 0.3) is 0 Å². The summed E-state index contributed by atoms with van der Waals surface area (Å²) in [5.41, 5.74) is -0.0854. The Hall–Kier alpha value is -2.46. The average molecular weight is 508 g/mol. The first-order valence-electron chi connectivity index (χ1n) is 10.2. The fourth-order valence-electron chi connectivity index (χ4n) is 4.49. The van der Waals surface area contributed by atoms with Crippen molar-refractivity contribution in [3.8, 4) is 11.5 Å². The summed E-state index contributed by atoms with van der Waals surface area (Å²) in [6.07, 6.45) is -0.830. The highest BCUT2D eigenvalue weighted by Crippen LogP contribution is 2.43. The predicted molar refractivity (Wildman–Crippen MR) is 120 cm³/mol. The molecule has 0 saturated carbocycles. The molecule has 0 radical (unpaired) electrons. The lowest BCUT2D eigenvalue weighted by molar-refractivity contribution is 0.178. The first kappa shape index (κ1) is 22.7. The first-order chi connectivity index (χ1) is 15.2. The number of aryl methyl sites for hydroxylation is 1. The molecule has 2 aromatic carbocycles. The zero-order valence-corrected chi connectivity index (χ0v) is 18.8. The van der Waals surface area contributed by atoms with E-state index in [9.17, 15) is 29.6 Å². The number of phenols is 2. The highest BCUT2D eigenvalue weighted by molar-refractivity contribution is 9.10. The lowest BCUT2D eigenvalue weighted by Gasteiger charge is -2.32. The Morgan fingerprint density at radius 3 is 2.72 bits per heavy atom. The molecular weight excluding hydrogens is 485 g/mol. The van der Waals surface area contributed by atoms with E-state index in [0.29, 0.717) is 25.1 Å². The predicted octanol–water partition coefficient (Wildman–Crippen LogP) is 3.18. The van der Waals surface area contributed by atoms with Gasteiger partial charge in [-0.15, -0.1) is 0 Å². The molecule has 9 heteroatoms. The Morgan fingerprint density at radius 1 is 1.28 bits per heavy atom. The minimum atomic E-state index is -1.42. The molecule has 1 saturated heterocycles. The van der Waals surface area contributed by atoms with Gasteiger partial charge in [0, 0.05) is 30.7 Å². The molecule has 1 aromatic heterocycles.